The summed E-state index contributed by atoms with van der Waals surface area (Å²) >= 11 is 1.30. The number of nitrogens with one attached hydrogen (secondary N) is 2. The van der Waals surface area contributed by atoms with Gasteiger partial charge in [0.2, 0.25) is 0 Å². The van der Waals surface area contributed by atoms with Gasteiger partial charge in [0.1, 0.15) is 5.69 Å². The van der Waals surface area contributed by atoms with E-state index in [1.807, 2.05) is 38.1 Å². The number of hydrogen-bond donors (Lipinski definition) is 2. The quantitative estimate of drug-likeness (QED) is 0.726. The van der Waals surface area contributed by atoms with Crippen molar-refractivity contribution in [2.75, 3.05) is 5.32 Å². The fourth-order valence-corrected chi connectivity index (χ4v) is 3.13. The van der Waals surface area contributed by atoms with Crippen molar-refractivity contribution in [3.8, 4) is 0 Å². The highest BCUT2D eigenvalue weighted by Crippen LogP contribution is 2.23. The Morgan fingerprint density at radius 2 is 1.80 bits per heavy atom. The van der Waals surface area contributed by atoms with Crippen LogP contribution < -0.4 is 10.6 Å². The fraction of sp³-hybridized carbons (Fsp3) is 0.211. The molecule has 5 nitrogen and oxygen atoms in total. The van der Waals surface area contributed by atoms with E-state index in [0.717, 1.165) is 16.5 Å². The minimum Gasteiger partial charge on any atom is -0.350 e. The van der Waals surface area contributed by atoms with Crippen molar-refractivity contribution in [3.63, 3.8) is 0 Å². The Morgan fingerprint density at radius 3 is 2.52 bits per heavy atom. The van der Waals surface area contributed by atoms with Gasteiger partial charge in [-0.2, -0.15) is 4.37 Å². The average Bonchev–Trinajstić information content (AvgIpc) is 3.06. The molecule has 0 aliphatic carbocycles. The van der Waals surface area contributed by atoms with Gasteiger partial charge in [-0.15, -0.1) is 0 Å². The molecule has 1 aromatic heterocycles. The molecule has 0 radical (unpaired) electrons. The predicted molar refractivity (Wildman–Crippen MR) is 101 cm³/mol. The van der Waals surface area contributed by atoms with E-state index in [1.165, 1.54) is 11.5 Å². The Labute approximate surface area is 150 Å². The van der Waals surface area contributed by atoms with Crippen LogP contribution in [0.25, 0.3) is 10.1 Å². The maximum atomic E-state index is 12.4. The number of carbonyl (C=O) groups excluding carboxylic acids is 2. The molecule has 0 aliphatic rings. The summed E-state index contributed by atoms with van der Waals surface area (Å²) in [6, 6.07) is 14.6. The van der Waals surface area contributed by atoms with Crippen molar-refractivity contribution < 1.29 is 9.59 Å². The van der Waals surface area contributed by atoms with Crippen LogP contribution in [-0.2, 0) is 0 Å². The lowest BCUT2D eigenvalue weighted by atomic mass is 10.1. The second-order valence-electron chi connectivity index (χ2n) is 5.84. The predicted octanol–water partition coefficient (Wildman–Crippen LogP) is 4.08. The zero-order valence-electron chi connectivity index (χ0n) is 14.1. The van der Waals surface area contributed by atoms with E-state index in [9.17, 15) is 9.59 Å². The molecule has 0 aliphatic heterocycles. The maximum Gasteiger partial charge on any atom is 0.276 e. The lowest BCUT2D eigenvalue weighted by Crippen LogP contribution is -2.31. The molecule has 3 aromatic rings. The summed E-state index contributed by atoms with van der Waals surface area (Å²) in [4.78, 5) is 24.5. The summed E-state index contributed by atoms with van der Waals surface area (Å²) in [6.07, 6.45) is 0.876. The molecular formula is C19H19N3O2S. The monoisotopic (exact) mass is 353 g/mol. The van der Waals surface area contributed by atoms with Gasteiger partial charge in [0.25, 0.3) is 11.8 Å². The van der Waals surface area contributed by atoms with Gasteiger partial charge in [0.05, 0.1) is 4.70 Å². The number of amides is 2. The topological polar surface area (TPSA) is 71.1 Å². The van der Waals surface area contributed by atoms with Crippen LogP contribution in [-0.4, -0.2) is 22.2 Å². The van der Waals surface area contributed by atoms with Crippen LogP contribution in [0.5, 0.6) is 0 Å². The highest BCUT2D eigenvalue weighted by Gasteiger charge is 2.14. The van der Waals surface area contributed by atoms with Gasteiger partial charge in [-0.25, -0.2) is 0 Å². The summed E-state index contributed by atoms with van der Waals surface area (Å²) in [5.41, 5.74) is 1.61. The molecule has 2 N–H and O–H groups in total. The number of rotatable bonds is 5. The van der Waals surface area contributed by atoms with Crippen LogP contribution in [0.2, 0.25) is 0 Å². The summed E-state index contributed by atoms with van der Waals surface area (Å²) in [6.45, 7) is 3.98. The Morgan fingerprint density at radius 1 is 1.08 bits per heavy atom. The molecule has 0 unspecified atom stereocenters. The van der Waals surface area contributed by atoms with Gasteiger partial charge in [-0.3, -0.25) is 9.59 Å². The van der Waals surface area contributed by atoms with Crippen molar-refractivity contribution in [1.82, 2.24) is 9.69 Å². The normalized spacial score (nSPS) is 11.9. The molecule has 6 heteroatoms. The Kier molecular flexibility index (Phi) is 5.09. The lowest BCUT2D eigenvalue weighted by Gasteiger charge is -2.11. The number of benzene rings is 2. The first-order valence-electron chi connectivity index (χ1n) is 8.15. The third kappa shape index (κ3) is 3.85. The zero-order valence-corrected chi connectivity index (χ0v) is 14.9. The molecule has 1 atom stereocenters. The number of nitrogens with zero attached hydrogens (tertiary/aromatic N) is 1. The van der Waals surface area contributed by atoms with Crippen LogP contribution in [0.4, 0.5) is 5.69 Å². The molecule has 128 valence electrons. The van der Waals surface area contributed by atoms with Gasteiger partial charge < -0.3 is 10.6 Å². The van der Waals surface area contributed by atoms with Crippen molar-refractivity contribution in [3.05, 3.63) is 59.8 Å². The Bertz CT molecular complexity index is 902. The van der Waals surface area contributed by atoms with Gasteiger partial charge >= 0.3 is 0 Å². The van der Waals surface area contributed by atoms with E-state index in [-0.39, 0.29) is 17.9 Å². The van der Waals surface area contributed by atoms with Crippen LogP contribution in [0.15, 0.2) is 48.5 Å². The number of anilines is 1. The summed E-state index contributed by atoms with van der Waals surface area (Å²) in [7, 11) is 0. The van der Waals surface area contributed by atoms with Crippen molar-refractivity contribution >= 4 is 39.1 Å². The second-order valence-corrected chi connectivity index (χ2v) is 6.65. The van der Waals surface area contributed by atoms with Gasteiger partial charge in [-0.1, -0.05) is 25.1 Å². The molecular weight excluding hydrogens is 334 g/mol. The minimum atomic E-state index is -0.255. The zero-order chi connectivity index (χ0) is 17.8. The highest BCUT2D eigenvalue weighted by atomic mass is 32.1. The van der Waals surface area contributed by atoms with Crippen LogP contribution in [0.1, 0.15) is 41.1 Å². The van der Waals surface area contributed by atoms with E-state index in [0.29, 0.717) is 16.9 Å². The average molecular weight is 353 g/mol. The summed E-state index contributed by atoms with van der Waals surface area (Å²) in [5, 5.41) is 6.58. The smallest absolute Gasteiger partial charge is 0.276 e. The number of carbonyl (C=O) groups is 2. The van der Waals surface area contributed by atoms with Crippen LogP contribution >= 0.6 is 11.5 Å². The summed E-state index contributed by atoms with van der Waals surface area (Å²) in [5.74, 6) is -0.369. The lowest BCUT2D eigenvalue weighted by molar-refractivity contribution is 0.0938. The fourth-order valence-electron chi connectivity index (χ4n) is 2.35. The third-order valence-corrected chi connectivity index (χ3v) is 4.81. The van der Waals surface area contributed by atoms with Crippen molar-refractivity contribution in [2.24, 2.45) is 0 Å². The molecule has 0 saturated heterocycles. The Balaban J connectivity index is 1.71. The Hall–Kier alpha value is -2.73. The first kappa shape index (κ1) is 17.1. The second kappa shape index (κ2) is 7.44. The molecule has 0 spiro atoms. The highest BCUT2D eigenvalue weighted by molar-refractivity contribution is 7.13. The molecule has 3 rings (SSSR count). The van der Waals surface area contributed by atoms with Gasteiger partial charge in [0, 0.05) is 22.7 Å². The first-order chi connectivity index (χ1) is 12.1. The standard InChI is InChI=1S/C19H19N3O2S/c1-3-12(2)20-18(23)13-8-10-14(11-9-13)21-19(24)17-15-6-4-5-7-16(15)25-22-17/h4-12H,3H2,1-2H3,(H,20,23)(H,21,24)/t12-/m1/s1. The summed E-state index contributed by atoms with van der Waals surface area (Å²) < 4.78 is 5.22. The maximum absolute atomic E-state index is 12.4. The van der Waals surface area contributed by atoms with Crippen LogP contribution in [0, 0.1) is 0 Å². The van der Waals surface area contributed by atoms with E-state index < -0.39 is 0 Å². The van der Waals surface area contributed by atoms with Crippen molar-refractivity contribution in [1.29, 1.82) is 0 Å². The molecule has 2 amide bonds. The van der Waals surface area contributed by atoms with Gasteiger partial charge in [0.15, 0.2) is 0 Å². The molecule has 0 saturated carbocycles. The molecule has 25 heavy (non-hydrogen) atoms. The molecule has 0 fully saturated rings. The largest absolute Gasteiger partial charge is 0.350 e. The van der Waals surface area contributed by atoms with E-state index in [2.05, 4.69) is 15.0 Å². The van der Waals surface area contributed by atoms with E-state index in [4.69, 9.17) is 0 Å². The molecule has 2 aromatic carbocycles. The number of aromatic nitrogens is 1. The van der Waals surface area contributed by atoms with E-state index in [1.54, 1.807) is 24.3 Å². The van der Waals surface area contributed by atoms with Crippen LogP contribution in [0.3, 0.4) is 0 Å². The van der Waals surface area contributed by atoms with Crippen molar-refractivity contribution in [2.45, 2.75) is 26.3 Å². The third-order valence-electron chi connectivity index (χ3n) is 3.99. The van der Waals surface area contributed by atoms with Gasteiger partial charge in [-0.05, 0) is 55.2 Å². The number of fused-ring (bicyclic) bond motifs is 1. The first-order valence-corrected chi connectivity index (χ1v) is 8.92. The van der Waals surface area contributed by atoms with E-state index >= 15 is 0 Å². The molecule has 1 heterocycles. The molecule has 0 bridgehead atoms. The SMILES string of the molecule is CC[C@@H](C)NC(=O)c1ccc(NC(=O)c2nsc3ccccc23)cc1. The number of hydrogen-bond acceptors (Lipinski definition) is 4. The minimum absolute atomic E-state index is 0.113.